The van der Waals surface area contributed by atoms with E-state index in [1.54, 1.807) is 30.0 Å². The van der Waals surface area contributed by atoms with E-state index in [2.05, 4.69) is 37.0 Å². The van der Waals surface area contributed by atoms with Crippen LogP contribution in [0.3, 0.4) is 0 Å². The summed E-state index contributed by atoms with van der Waals surface area (Å²) in [4.78, 5) is 25.0. The predicted octanol–water partition coefficient (Wildman–Crippen LogP) is 3.16. The second-order valence-electron chi connectivity index (χ2n) is 8.15. The fourth-order valence-corrected chi connectivity index (χ4v) is 3.46. The van der Waals surface area contributed by atoms with Gasteiger partial charge in [0.2, 0.25) is 5.91 Å². The zero-order chi connectivity index (χ0) is 21.3. The number of anilines is 1. The van der Waals surface area contributed by atoms with E-state index in [4.69, 9.17) is 4.74 Å². The Morgan fingerprint density at radius 3 is 2.69 bits per heavy atom. The molecule has 0 spiro atoms. The molecule has 0 bridgehead atoms. The van der Waals surface area contributed by atoms with Crippen LogP contribution in [0.4, 0.5) is 5.82 Å². The van der Waals surface area contributed by atoms with Gasteiger partial charge >= 0.3 is 0 Å². The van der Waals surface area contributed by atoms with Gasteiger partial charge < -0.3 is 15.4 Å². The fourth-order valence-electron chi connectivity index (χ4n) is 3.03. The van der Waals surface area contributed by atoms with Crippen molar-refractivity contribution in [3.05, 3.63) is 40.0 Å². The molecule has 1 aliphatic heterocycles. The van der Waals surface area contributed by atoms with Gasteiger partial charge in [0.15, 0.2) is 6.29 Å². The number of nitrogens with zero attached hydrogens (tertiary/aromatic N) is 2. The summed E-state index contributed by atoms with van der Waals surface area (Å²) in [5.41, 5.74) is 1.00. The second-order valence-corrected chi connectivity index (χ2v) is 9.01. The van der Waals surface area contributed by atoms with Crippen molar-refractivity contribution in [1.82, 2.24) is 20.4 Å². The Kier molecular flexibility index (Phi) is 6.00. The van der Waals surface area contributed by atoms with Crippen LogP contribution in [-0.2, 0) is 10.2 Å². The molecule has 29 heavy (non-hydrogen) atoms. The topological polar surface area (TPSA) is 97.3 Å². The van der Waals surface area contributed by atoms with Crippen molar-refractivity contribution in [3.8, 4) is 5.75 Å². The molecule has 0 saturated carbocycles. The Morgan fingerprint density at radius 1 is 1.34 bits per heavy atom. The predicted molar refractivity (Wildman–Crippen MR) is 114 cm³/mol. The third-order valence-electron chi connectivity index (χ3n) is 4.64. The molecule has 0 radical (unpaired) electrons. The first kappa shape index (κ1) is 21.3. The third kappa shape index (κ3) is 4.79. The molecule has 2 aromatic rings. The Bertz CT molecular complexity index is 935. The van der Waals surface area contributed by atoms with Crippen molar-refractivity contribution in [3.63, 3.8) is 0 Å². The number of hydrogen-bond donors (Lipinski definition) is 3. The van der Waals surface area contributed by atoms with E-state index < -0.39 is 6.29 Å². The summed E-state index contributed by atoms with van der Waals surface area (Å²) >= 11 is 3.41. The highest BCUT2D eigenvalue weighted by Crippen LogP contribution is 2.28. The Morgan fingerprint density at radius 2 is 2.07 bits per heavy atom. The Balaban J connectivity index is 1.96. The number of halogens is 1. The number of carbonyl (C=O) groups is 2. The molecule has 3 N–H and O–H groups in total. The standard InChI is InChI=1S/C20H26BrN5O3/c1-11-8-17(27)24-19(22-11)26-16(10-15(25-26)20(2,3)4)23-18(28)13-9-12(29-5)6-7-14(13)21/h6-7,9-11,19,22H,8H2,1-5H3,(H,23,28)(H,24,27). The van der Waals surface area contributed by atoms with Crippen LogP contribution in [0.2, 0.25) is 0 Å². The van der Waals surface area contributed by atoms with Crippen molar-refractivity contribution < 1.29 is 14.3 Å². The molecule has 0 aliphatic carbocycles. The zero-order valence-electron chi connectivity index (χ0n) is 17.2. The summed E-state index contributed by atoms with van der Waals surface area (Å²) < 4.78 is 7.49. The minimum Gasteiger partial charge on any atom is -0.497 e. The Hall–Kier alpha value is -2.39. The van der Waals surface area contributed by atoms with E-state index in [0.717, 1.165) is 5.69 Å². The monoisotopic (exact) mass is 463 g/mol. The van der Waals surface area contributed by atoms with E-state index in [0.29, 0.717) is 28.0 Å². The molecular formula is C20H26BrN5O3. The molecule has 1 saturated heterocycles. The molecule has 1 aromatic heterocycles. The number of nitrogens with one attached hydrogen (secondary N) is 3. The smallest absolute Gasteiger partial charge is 0.258 e. The average molecular weight is 464 g/mol. The highest BCUT2D eigenvalue weighted by molar-refractivity contribution is 9.10. The highest BCUT2D eigenvalue weighted by atomic mass is 79.9. The van der Waals surface area contributed by atoms with E-state index in [1.807, 2.05) is 33.8 Å². The van der Waals surface area contributed by atoms with E-state index in [-0.39, 0.29) is 23.3 Å². The van der Waals surface area contributed by atoms with Crippen molar-refractivity contribution in [2.75, 3.05) is 12.4 Å². The van der Waals surface area contributed by atoms with Gasteiger partial charge in [-0.25, -0.2) is 4.68 Å². The largest absolute Gasteiger partial charge is 0.497 e. The van der Waals surface area contributed by atoms with Crippen LogP contribution in [0.15, 0.2) is 28.7 Å². The Labute approximate surface area is 178 Å². The lowest BCUT2D eigenvalue weighted by Gasteiger charge is -2.30. The van der Waals surface area contributed by atoms with Crippen LogP contribution in [0.5, 0.6) is 5.75 Å². The number of methoxy groups -OCH3 is 1. The number of ether oxygens (including phenoxy) is 1. The molecule has 2 heterocycles. The average Bonchev–Trinajstić information content (AvgIpc) is 3.05. The van der Waals surface area contributed by atoms with Gasteiger partial charge in [-0.1, -0.05) is 20.8 Å². The summed E-state index contributed by atoms with van der Waals surface area (Å²) in [7, 11) is 1.55. The lowest BCUT2D eigenvalue weighted by molar-refractivity contribution is -0.125. The van der Waals surface area contributed by atoms with Crippen LogP contribution < -0.4 is 20.7 Å². The molecule has 2 unspecified atom stereocenters. The molecule has 2 amide bonds. The number of aromatic nitrogens is 2. The first-order valence-electron chi connectivity index (χ1n) is 9.39. The third-order valence-corrected chi connectivity index (χ3v) is 5.33. The molecule has 156 valence electrons. The van der Waals surface area contributed by atoms with Gasteiger partial charge in [0.1, 0.15) is 11.6 Å². The van der Waals surface area contributed by atoms with Gasteiger partial charge in [-0.05, 0) is 41.1 Å². The number of rotatable bonds is 4. The van der Waals surface area contributed by atoms with Crippen molar-refractivity contribution >= 4 is 33.6 Å². The minimum absolute atomic E-state index is 0.00730. The lowest BCUT2D eigenvalue weighted by Crippen LogP contribution is -2.52. The van der Waals surface area contributed by atoms with E-state index in [1.165, 1.54) is 0 Å². The van der Waals surface area contributed by atoms with Crippen LogP contribution in [0.25, 0.3) is 0 Å². The lowest BCUT2D eigenvalue weighted by atomic mass is 9.92. The number of amides is 2. The molecule has 1 aliphatic rings. The SMILES string of the molecule is COc1ccc(Br)c(C(=O)Nc2cc(C(C)(C)C)nn2C2NC(=O)CC(C)N2)c1. The van der Waals surface area contributed by atoms with Gasteiger partial charge in [-0.15, -0.1) is 0 Å². The van der Waals surface area contributed by atoms with Crippen molar-refractivity contribution in [1.29, 1.82) is 0 Å². The van der Waals surface area contributed by atoms with Crippen LogP contribution >= 0.6 is 15.9 Å². The van der Waals surface area contributed by atoms with Gasteiger partial charge in [0, 0.05) is 28.4 Å². The molecular weight excluding hydrogens is 438 g/mol. The van der Waals surface area contributed by atoms with Crippen molar-refractivity contribution in [2.24, 2.45) is 0 Å². The van der Waals surface area contributed by atoms with Gasteiger partial charge in [0.25, 0.3) is 5.91 Å². The van der Waals surface area contributed by atoms with Gasteiger partial charge in [-0.3, -0.25) is 14.9 Å². The zero-order valence-corrected chi connectivity index (χ0v) is 18.8. The first-order chi connectivity index (χ1) is 13.6. The number of hydrogen-bond acceptors (Lipinski definition) is 5. The summed E-state index contributed by atoms with van der Waals surface area (Å²) in [6.45, 7) is 8.06. The maximum absolute atomic E-state index is 13.0. The molecule has 1 fully saturated rings. The van der Waals surface area contributed by atoms with Gasteiger partial charge in [0.05, 0.1) is 18.4 Å². The van der Waals surface area contributed by atoms with E-state index >= 15 is 0 Å². The maximum Gasteiger partial charge on any atom is 0.258 e. The summed E-state index contributed by atoms with van der Waals surface area (Å²) in [6.07, 6.45) is -0.158. The van der Waals surface area contributed by atoms with Crippen LogP contribution in [0, 0.1) is 0 Å². The second kappa shape index (κ2) is 8.16. The minimum atomic E-state index is -0.550. The summed E-state index contributed by atoms with van der Waals surface area (Å²) in [5, 5.41) is 13.8. The molecule has 1 aromatic carbocycles. The van der Waals surface area contributed by atoms with Crippen molar-refractivity contribution in [2.45, 2.75) is 51.9 Å². The first-order valence-corrected chi connectivity index (χ1v) is 10.2. The fraction of sp³-hybridized carbons (Fsp3) is 0.450. The maximum atomic E-state index is 13.0. The quantitative estimate of drug-likeness (QED) is 0.646. The van der Waals surface area contributed by atoms with Crippen LogP contribution in [0.1, 0.15) is 56.5 Å². The summed E-state index contributed by atoms with van der Waals surface area (Å²) in [5.74, 6) is 0.688. The molecule has 3 rings (SSSR count). The van der Waals surface area contributed by atoms with Crippen LogP contribution in [-0.4, -0.2) is 34.7 Å². The molecule has 2 atom stereocenters. The number of carbonyl (C=O) groups excluding carboxylic acids is 2. The summed E-state index contributed by atoms with van der Waals surface area (Å²) in [6, 6.07) is 7.02. The normalized spacial score (nSPS) is 19.6. The van der Waals surface area contributed by atoms with E-state index in [9.17, 15) is 9.59 Å². The molecule has 8 nitrogen and oxygen atoms in total. The van der Waals surface area contributed by atoms with Gasteiger partial charge in [-0.2, -0.15) is 5.10 Å². The molecule has 9 heteroatoms. The number of benzene rings is 1. The highest BCUT2D eigenvalue weighted by Gasteiger charge is 2.29.